The molecule has 0 fully saturated rings. The molecule has 0 aliphatic carbocycles. The van der Waals surface area contributed by atoms with Gasteiger partial charge in [-0.15, -0.1) is 0 Å². The van der Waals surface area contributed by atoms with E-state index >= 15 is 0 Å². The predicted molar refractivity (Wildman–Crippen MR) is 152 cm³/mol. The van der Waals surface area contributed by atoms with Crippen molar-refractivity contribution in [2.24, 2.45) is 0 Å². The number of carbonyl (C=O) groups excluding carboxylic acids is 2. The molecule has 202 valence electrons. The Bertz CT molecular complexity index is 1420. The molecule has 0 heterocycles. The number of halogens is 3. The van der Waals surface area contributed by atoms with Crippen LogP contribution in [0.5, 0.6) is 0 Å². The second-order valence-corrected chi connectivity index (χ2v) is 11.7. The molecule has 0 aliphatic heterocycles. The molecule has 0 aliphatic rings. The van der Waals surface area contributed by atoms with Crippen LogP contribution >= 0.6 is 34.8 Å². The third-order valence-electron chi connectivity index (χ3n) is 6.04. The fourth-order valence-corrected chi connectivity index (χ4v) is 5.97. The van der Waals surface area contributed by atoms with Crippen molar-refractivity contribution in [3.8, 4) is 0 Å². The monoisotopic (exact) mass is 595 g/mol. The summed E-state index contributed by atoms with van der Waals surface area (Å²) < 4.78 is 28.5. The number of hydrogen-bond acceptors (Lipinski definition) is 4. The first-order valence-electron chi connectivity index (χ1n) is 11.8. The van der Waals surface area contributed by atoms with Crippen LogP contribution < -0.4 is 9.62 Å². The van der Waals surface area contributed by atoms with E-state index in [0.717, 1.165) is 9.87 Å². The number of nitrogens with one attached hydrogen (secondary N) is 1. The van der Waals surface area contributed by atoms with Crippen LogP contribution in [0.15, 0.2) is 71.6 Å². The zero-order chi connectivity index (χ0) is 28.0. The number of sulfonamides is 1. The van der Waals surface area contributed by atoms with Gasteiger partial charge in [-0.25, -0.2) is 8.42 Å². The van der Waals surface area contributed by atoms with Gasteiger partial charge in [0.25, 0.3) is 10.0 Å². The first-order chi connectivity index (χ1) is 18.0. The van der Waals surface area contributed by atoms with Crippen molar-refractivity contribution >= 4 is 62.3 Å². The van der Waals surface area contributed by atoms with Crippen LogP contribution in [0.4, 0.5) is 5.69 Å². The molecule has 0 saturated heterocycles. The van der Waals surface area contributed by atoms with Gasteiger partial charge in [0.05, 0.1) is 10.6 Å². The Kier molecular flexibility index (Phi) is 10.1. The summed E-state index contributed by atoms with van der Waals surface area (Å²) in [5.41, 5.74) is 1.53. The second kappa shape index (κ2) is 12.8. The number of carbonyl (C=O) groups is 2. The molecular formula is C27H28Cl3N3O4S. The Morgan fingerprint density at radius 2 is 1.63 bits per heavy atom. The molecule has 3 rings (SSSR count). The quantitative estimate of drug-likeness (QED) is 0.325. The van der Waals surface area contributed by atoms with E-state index in [9.17, 15) is 18.0 Å². The van der Waals surface area contributed by atoms with Gasteiger partial charge >= 0.3 is 0 Å². The summed E-state index contributed by atoms with van der Waals surface area (Å²) in [6.45, 7) is 2.95. The number of hydrogen-bond donors (Lipinski definition) is 1. The summed E-state index contributed by atoms with van der Waals surface area (Å²) in [6, 6.07) is 16.5. The molecule has 0 spiro atoms. The molecule has 1 atom stereocenters. The van der Waals surface area contributed by atoms with Gasteiger partial charge < -0.3 is 10.2 Å². The van der Waals surface area contributed by atoms with Crippen molar-refractivity contribution in [2.45, 2.75) is 37.8 Å². The molecule has 1 N–H and O–H groups in total. The van der Waals surface area contributed by atoms with Crippen LogP contribution in [-0.2, 0) is 26.2 Å². The van der Waals surface area contributed by atoms with Crippen molar-refractivity contribution in [1.82, 2.24) is 10.2 Å². The highest BCUT2D eigenvalue weighted by atomic mass is 35.5. The van der Waals surface area contributed by atoms with E-state index in [0.29, 0.717) is 27.1 Å². The molecule has 0 saturated carbocycles. The maximum Gasteiger partial charge on any atom is 0.264 e. The largest absolute Gasteiger partial charge is 0.357 e. The van der Waals surface area contributed by atoms with Crippen LogP contribution in [0.3, 0.4) is 0 Å². The van der Waals surface area contributed by atoms with Gasteiger partial charge in [0.1, 0.15) is 12.6 Å². The first kappa shape index (κ1) is 29.8. The van der Waals surface area contributed by atoms with Crippen molar-refractivity contribution in [3.63, 3.8) is 0 Å². The lowest BCUT2D eigenvalue weighted by Gasteiger charge is -2.33. The minimum Gasteiger partial charge on any atom is -0.357 e. The molecule has 0 radical (unpaired) electrons. The molecule has 7 nitrogen and oxygen atoms in total. The van der Waals surface area contributed by atoms with Gasteiger partial charge in [-0.05, 0) is 60.9 Å². The molecule has 3 aromatic rings. The molecule has 1 unspecified atom stereocenters. The highest BCUT2D eigenvalue weighted by Gasteiger charge is 2.33. The standard InChI is InChI=1S/C27H28Cl3N3O4S/c1-4-25(27(35)31-3)32(16-19-11-12-20(28)14-24(19)30)26(34)17-33(21-13-10-18(2)23(29)15-21)38(36,37)22-8-6-5-7-9-22/h5-15,25H,4,16-17H2,1-3H3,(H,31,35). The molecule has 3 aromatic carbocycles. The Labute approximate surface area is 238 Å². The minimum atomic E-state index is -4.17. The van der Waals surface area contributed by atoms with Gasteiger partial charge in [0.2, 0.25) is 11.8 Å². The van der Waals surface area contributed by atoms with E-state index < -0.39 is 28.5 Å². The molecule has 2 amide bonds. The Hall–Kier alpha value is -2.78. The zero-order valence-corrected chi connectivity index (χ0v) is 24.2. The highest BCUT2D eigenvalue weighted by molar-refractivity contribution is 7.92. The summed E-state index contributed by atoms with van der Waals surface area (Å²) in [7, 11) is -2.70. The van der Waals surface area contributed by atoms with Crippen LogP contribution in [0.2, 0.25) is 15.1 Å². The normalized spacial score (nSPS) is 12.1. The Morgan fingerprint density at radius 1 is 0.947 bits per heavy atom. The van der Waals surface area contributed by atoms with Gasteiger partial charge in [-0.3, -0.25) is 13.9 Å². The van der Waals surface area contributed by atoms with Gasteiger partial charge in [-0.2, -0.15) is 0 Å². The average Bonchev–Trinajstić information content (AvgIpc) is 2.90. The van der Waals surface area contributed by atoms with Crippen LogP contribution in [0, 0.1) is 6.92 Å². The zero-order valence-electron chi connectivity index (χ0n) is 21.1. The van der Waals surface area contributed by atoms with Crippen molar-refractivity contribution in [2.75, 3.05) is 17.9 Å². The van der Waals surface area contributed by atoms with E-state index in [1.165, 1.54) is 30.1 Å². The number of nitrogens with zero attached hydrogens (tertiary/aromatic N) is 2. The molecular weight excluding hydrogens is 569 g/mol. The fraction of sp³-hybridized carbons (Fsp3) is 0.259. The van der Waals surface area contributed by atoms with Gasteiger partial charge in [0.15, 0.2) is 0 Å². The molecule has 0 aromatic heterocycles. The summed E-state index contributed by atoms with van der Waals surface area (Å²) in [6.07, 6.45) is 0.290. The minimum absolute atomic E-state index is 0.00939. The van der Waals surface area contributed by atoms with Crippen LogP contribution in [0.25, 0.3) is 0 Å². The van der Waals surface area contributed by atoms with Crippen molar-refractivity contribution < 1.29 is 18.0 Å². The summed E-state index contributed by atoms with van der Waals surface area (Å²) >= 11 is 18.7. The summed E-state index contributed by atoms with van der Waals surface area (Å²) in [5.74, 6) is -0.982. The summed E-state index contributed by atoms with van der Waals surface area (Å²) in [4.78, 5) is 28.0. The lowest BCUT2D eigenvalue weighted by Crippen LogP contribution is -2.51. The third-order valence-corrected chi connectivity index (χ3v) is 8.82. The number of benzene rings is 3. The SMILES string of the molecule is CCC(C(=O)NC)N(Cc1ccc(Cl)cc1Cl)C(=O)CN(c1ccc(C)c(Cl)c1)S(=O)(=O)c1ccccc1. The smallest absolute Gasteiger partial charge is 0.264 e. The second-order valence-electron chi connectivity index (χ2n) is 8.55. The van der Waals surface area contributed by atoms with E-state index in [2.05, 4.69) is 5.32 Å². The number of aryl methyl sites for hydroxylation is 1. The Morgan fingerprint density at radius 3 is 2.21 bits per heavy atom. The van der Waals surface area contributed by atoms with Crippen LogP contribution in [-0.4, -0.2) is 44.8 Å². The van der Waals surface area contributed by atoms with Crippen LogP contribution in [0.1, 0.15) is 24.5 Å². The van der Waals surface area contributed by atoms with E-state index in [4.69, 9.17) is 34.8 Å². The van der Waals surface area contributed by atoms with E-state index in [-0.39, 0.29) is 23.0 Å². The maximum absolute atomic E-state index is 13.9. The highest BCUT2D eigenvalue weighted by Crippen LogP contribution is 2.29. The average molecular weight is 597 g/mol. The topological polar surface area (TPSA) is 86.8 Å². The first-order valence-corrected chi connectivity index (χ1v) is 14.4. The molecule has 11 heteroatoms. The summed E-state index contributed by atoms with van der Waals surface area (Å²) in [5, 5.41) is 3.67. The fourth-order valence-electron chi connectivity index (χ4n) is 3.90. The Balaban J connectivity index is 2.09. The molecule has 38 heavy (non-hydrogen) atoms. The van der Waals surface area contributed by atoms with Gasteiger partial charge in [-0.1, -0.05) is 72.1 Å². The van der Waals surface area contributed by atoms with E-state index in [1.54, 1.807) is 62.4 Å². The van der Waals surface area contributed by atoms with Crippen molar-refractivity contribution in [3.05, 3.63) is 92.9 Å². The number of likely N-dealkylation sites (N-methyl/N-ethyl adjacent to an activating group) is 1. The number of amides is 2. The van der Waals surface area contributed by atoms with Crippen molar-refractivity contribution in [1.29, 1.82) is 0 Å². The van der Waals surface area contributed by atoms with E-state index in [1.807, 2.05) is 0 Å². The predicted octanol–water partition coefficient (Wildman–Crippen LogP) is 5.70. The maximum atomic E-state index is 13.9. The van der Waals surface area contributed by atoms with Gasteiger partial charge in [0, 0.05) is 28.7 Å². The number of rotatable bonds is 10. The third kappa shape index (κ3) is 6.80. The lowest BCUT2D eigenvalue weighted by molar-refractivity contribution is -0.140. The number of anilines is 1. The lowest BCUT2D eigenvalue weighted by atomic mass is 10.1. The molecule has 0 bridgehead atoms.